The fourth-order valence-electron chi connectivity index (χ4n) is 3.63. The molecule has 1 saturated heterocycles. The first kappa shape index (κ1) is 19.0. The van der Waals surface area contributed by atoms with Crippen molar-refractivity contribution in [1.29, 1.82) is 0 Å². The van der Waals surface area contributed by atoms with Crippen LogP contribution in [-0.2, 0) is 0 Å². The molecule has 0 aliphatic carbocycles. The summed E-state index contributed by atoms with van der Waals surface area (Å²) in [5.41, 5.74) is 6.64. The highest BCUT2D eigenvalue weighted by atomic mass is 16.5. The van der Waals surface area contributed by atoms with Gasteiger partial charge in [-0.05, 0) is 48.2 Å². The number of rotatable bonds is 6. The third-order valence-electron chi connectivity index (χ3n) is 5.21. The summed E-state index contributed by atoms with van der Waals surface area (Å²) in [6.07, 6.45) is 3.89. The number of hydrogen-bond donors (Lipinski definition) is 2. The SMILES string of the molecule is CCCCOc1ccc2cc(-c3noc([C@@H]4CCCN4/C(N)=N\O)n3)ccc2c1. The normalized spacial score (nSPS) is 17.2. The molecule has 2 heterocycles. The van der Waals surface area contributed by atoms with Gasteiger partial charge in [-0.1, -0.05) is 41.9 Å². The predicted octanol–water partition coefficient (Wildman–Crippen LogP) is 3.91. The molecule has 4 rings (SSSR count). The highest BCUT2D eigenvalue weighted by Crippen LogP contribution is 2.32. The zero-order valence-electron chi connectivity index (χ0n) is 16.4. The molecule has 0 saturated carbocycles. The molecule has 0 unspecified atom stereocenters. The Morgan fingerprint density at radius 1 is 1.31 bits per heavy atom. The lowest BCUT2D eigenvalue weighted by atomic mass is 10.1. The molecule has 8 heteroatoms. The Morgan fingerprint density at radius 3 is 2.97 bits per heavy atom. The zero-order chi connectivity index (χ0) is 20.2. The maximum atomic E-state index is 8.97. The van der Waals surface area contributed by atoms with Crippen molar-refractivity contribution in [2.24, 2.45) is 10.9 Å². The lowest BCUT2D eigenvalue weighted by molar-refractivity contribution is 0.263. The monoisotopic (exact) mass is 395 g/mol. The number of benzene rings is 2. The van der Waals surface area contributed by atoms with E-state index >= 15 is 0 Å². The highest BCUT2D eigenvalue weighted by molar-refractivity contribution is 5.87. The maximum Gasteiger partial charge on any atom is 0.249 e. The minimum atomic E-state index is -0.171. The van der Waals surface area contributed by atoms with Gasteiger partial charge in [0.1, 0.15) is 11.8 Å². The average Bonchev–Trinajstić information content (AvgIpc) is 3.42. The van der Waals surface area contributed by atoms with Gasteiger partial charge in [0.05, 0.1) is 6.61 Å². The number of fused-ring (bicyclic) bond motifs is 1. The van der Waals surface area contributed by atoms with Crippen molar-refractivity contribution in [1.82, 2.24) is 15.0 Å². The standard InChI is InChI=1S/C21H25N5O3/c1-2-3-11-28-17-9-8-14-12-16(7-6-15(14)13-17)19-23-20(29-25-19)18-5-4-10-26(18)21(22)24-27/h6-9,12-13,18,27H,2-5,10-11H2,1H3,(H2,22,24)/t18-/m0/s1. The van der Waals surface area contributed by atoms with E-state index in [9.17, 15) is 0 Å². The van der Waals surface area contributed by atoms with Gasteiger partial charge in [-0.15, -0.1) is 0 Å². The molecule has 0 bridgehead atoms. The number of nitrogens with zero attached hydrogens (tertiary/aromatic N) is 4. The van der Waals surface area contributed by atoms with Gasteiger partial charge < -0.3 is 25.1 Å². The fourth-order valence-corrected chi connectivity index (χ4v) is 3.63. The van der Waals surface area contributed by atoms with Crippen molar-refractivity contribution < 1.29 is 14.5 Å². The molecule has 0 radical (unpaired) electrons. The summed E-state index contributed by atoms with van der Waals surface area (Å²) in [5.74, 6) is 1.94. The van der Waals surface area contributed by atoms with Gasteiger partial charge in [0.2, 0.25) is 17.7 Å². The third-order valence-corrected chi connectivity index (χ3v) is 5.21. The van der Waals surface area contributed by atoms with Gasteiger partial charge in [-0.2, -0.15) is 4.98 Å². The van der Waals surface area contributed by atoms with Gasteiger partial charge in [0.25, 0.3) is 0 Å². The number of likely N-dealkylation sites (tertiary alicyclic amines) is 1. The van der Waals surface area contributed by atoms with E-state index in [2.05, 4.69) is 22.2 Å². The summed E-state index contributed by atoms with van der Waals surface area (Å²) in [7, 11) is 0. The number of ether oxygens (including phenoxy) is 1. The molecule has 29 heavy (non-hydrogen) atoms. The lowest BCUT2D eigenvalue weighted by Gasteiger charge is -2.21. The largest absolute Gasteiger partial charge is 0.494 e. The quantitative estimate of drug-likeness (QED) is 0.214. The Labute approximate surface area is 168 Å². The highest BCUT2D eigenvalue weighted by Gasteiger charge is 2.32. The maximum absolute atomic E-state index is 8.97. The molecular weight excluding hydrogens is 370 g/mol. The van der Waals surface area contributed by atoms with Crippen LogP contribution in [0.4, 0.5) is 0 Å². The second-order valence-electron chi connectivity index (χ2n) is 7.19. The zero-order valence-corrected chi connectivity index (χ0v) is 16.4. The van der Waals surface area contributed by atoms with E-state index in [1.165, 1.54) is 0 Å². The molecule has 1 atom stereocenters. The van der Waals surface area contributed by atoms with E-state index in [-0.39, 0.29) is 12.0 Å². The minimum absolute atomic E-state index is 0.0647. The Kier molecular flexibility index (Phi) is 5.50. The first-order valence-corrected chi connectivity index (χ1v) is 9.94. The van der Waals surface area contributed by atoms with Crippen molar-refractivity contribution in [2.45, 2.75) is 38.6 Å². The third kappa shape index (κ3) is 3.96. The van der Waals surface area contributed by atoms with Gasteiger partial charge >= 0.3 is 0 Å². The van der Waals surface area contributed by atoms with Crippen LogP contribution in [0.15, 0.2) is 46.1 Å². The molecule has 0 amide bonds. The molecule has 3 aromatic rings. The van der Waals surface area contributed by atoms with Crippen LogP contribution in [0.25, 0.3) is 22.2 Å². The summed E-state index contributed by atoms with van der Waals surface area (Å²) < 4.78 is 11.3. The molecule has 2 aromatic carbocycles. The smallest absolute Gasteiger partial charge is 0.249 e. The average molecular weight is 395 g/mol. The van der Waals surface area contributed by atoms with Gasteiger partial charge in [-0.3, -0.25) is 0 Å². The van der Waals surface area contributed by atoms with E-state index in [4.69, 9.17) is 20.2 Å². The molecule has 0 spiro atoms. The summed E-state index contributed by atoms with van der Waals surface area (Å²) in [6, 6.07) is 11.9. The molecule has 1 aliphatic heterocycles. The van der Waals surface area contributed by atoms with E-state index < -0.39 is 0 Å². The molecule has 1 aromatic heterocycles. The second-order valence-corrected chi connectivity index (χ2v) is 7.19. The number of nitrogens with two attached hydrogens (primary N) is 1. The molecule has 1 fully saturated rings. The topological polar surface area (TPSA) is 110 Å². The first-order chi connectivity index (χ1) is 14.2. The number of unbranched alkanes of at least 4 members (excludes halogenated alkanes) is 1. The number of guanidine groups is 1. The summed E-state index contributed by atoms with van der Waals surface area (Å²) in [4.78, 5) is 6.34. The number of hydrogen-bond acceptors (Lipinski definition) is 6. The van der Waals surface area contributed by atoms with Crippen molar-refractivity contribution in [3.8, 4) is 17.1 Å². The van der Waals surface area contributed by atoms with Gasteiger partial charge in [0.15, 0.2) is 0 Å². The minimum Gasteiger partial charge on any atom is -0.494 e. The van der Waals surface area contributed by atoms with E-state index in [0.29, 0.717) is 18.3 Å². The first-order valence-electron chi connectivity index (χ1n) is 9.94. The van der Waals surface area contributed by atoms with Crippen LogP contribution in [-0.4, -0.2) is 39.4 Å². The summed E-state index contributed by atoms with van der Waals surface area (Å²) in [6.45, 7) is 3.57. The van der Waals surface area contributed by atoms with Crippen LogP contribution in [0, 0.1) is 0 Å². The van der Waals surface area contributed by atoms with Crippen LogP contribution in [0.5, 0.6) is 5.75 Å². The predicted molar refractivity (Wildman–Crippen MR) is 110 cm³/mol. The molecule has 1 aliphatic rings. The van der Waals surface area contributed by atoms with Crippen molar-refractivity contribution in [3.05, 3.63) is 42.3 Å². The Bertz CT molecular complexity index is 1020. The summed E-state index contributed by atoms with van der Waals surface area (Å²) in [5, 5.41) is 18.4. The van der Waals surface area contributed by atoms with E-state index in [1.807, 2.05) is 36.4 Å². The number of aromatic nitrogens is 2. The Balaban J connectivity index is 1.55. The fraction of sp³-hybridized carbons (Fsp3) is 0.381. The van der Waals surface area contributed by atoms with E-state index in [1.54, 1.807) is 4.90 Å². The molecule has 3 N–H and O–H groups in total. The van der Waals surface area contributed by atoms with Crippen LogP contribution in [0.1, 0.15) is 44.5 Å². The molecule has 152 valence electrons. The molecular formula is C21H25N5O3. The molecule has 8 nitrogen and oxygen atoms in total. The Morgan fingerprint density at radius 2 is 2.14 bits per heavy atom. The van der Waals surface area contributed by atoms with Crippen LogP contribution < -0.4 is 10.5 Å². The lowest BCUT2D eigenvalue weighted by Crippen LogP contribution is -2.36. The van der Waals surface area contributed by atoms with Crippen molar-refractivity contribution >= 4 is 16.7 Å². The van der Waals surface area contributed by atoms with E-state index in [0.717, 1.165) is 54.4 Å². The summed E-state index contributed by atoms with van der Waals surface area (Å²) >= 11 is 0. The second kappa shape index (κ2) is 8.38. The van der Waals surface area contributed by atoms with Gasteiger partial charge in [0, 0.05) is 12.1 Å². The van der Waals surface area contributed by atoms with Crippen molar-refractivity contribution in [2.75, 3.05) is 13.2 Å². The van der Waals surface area contributed by atoms with Crippen molar-refractivity contribution in [3.63, 3.8) is 0 Å². The van der Waals surface area contributed by atoms with Crippen LogP contribution in [0.2, 0.25) is 0 Å². The van der Waals surface area contributed by atoms with Crippen LogP contribution in [0.3, 0.4) is 0 Å². The van der Waals surface area contributed by atoms with Crippen LogP contribution >= 0.6 is 0 Å². The number of oxime groups is 1. The van der Waals surface area contributed by atoms with Gasteiger partial charge in [-0.25, -0.2) is 0 Å². The Hall–Kier alpha value is -3.29.